The van der Waals surface area contributed by atoms with Crippen molar-refractivity contribution in [1.29, 1.82) is 0 Å². The van der Waals surface area contributed by atoms with Crippen LogP contribution in [0.1, 0.15) is 5.56 Å². The zero-order valence-corrected chi connectivity index (χ0v) is 12.0. The minimum absolute atomic E-state index is 0.740. The van der Waals surface area contributed by atoms with Crippen molar-refractivity contribution in [1.82, 2.24) is 0 Å². The summed E-state index contributed by atoms with van der Waals surface area (Å²) in [6.45, 7) is 0.740. The molecule has 1 aromatic carbocycles. The predicted molar refractivity (Wildman–Crippen MR) is 56.7 cm³/mol. The Labute approximate surface area is 92.4 Å². The second-order valence-corrected chi connectivity index (χ2v) is 7.67. The molecule has 1 aromatic rings. The van der Waals surface area contributed by atoms with Gasteiger partial charge in [-0.05, 0) is 18.5 Å². The van der Waals surface area contributed by atoms with Crippen molar-refractivity contribution in [3.05, 3.63) is 35.9 Å². The first kappa shape index (κ1) is 12.7. The van der Waals surface area contributed by atoms with E-state index in [1.54, 1.807) is 0 Å². The number of rotatable bonds is 2. The van der Waals surface area contributed by atoms with Gasteiger partial charge in [0.25, 0.3) is 0 Å². The van der Waals surface area contributed by atoms with Crippen LogP contribution >= 0.6 is 16.6 Å². The van der Waals surface area contributed by atoms with Crippen molar-refractivity contribution in [2.45, 2.75) is 6.42 Å². The van der Waals surface area contributed by atoms with E-state index in [4.69, 9.17) is 22.4 Å². The summed E-state index contributed by atoms with van der Waals surface area (Å²) in [7, 11) is 9.92. The van der Waals surface area contributed by atoms with Crippen LogP contribution in [0.3, 0.4) is 0 Å². The Bertz CT molecular complexity index is 182. The fraction of sp³-hybridized carbons (Fsp3) is 0.250. The summed E-state index contributed by atoms with van der Waals surface area (Å²) in [5, 5.41) is 0. The van der Waals surface area contributed by atoms with Crippen LogP contribution in [0, 0.1) is 0 Å². The second-order valence-electron chi connectivity index (χ2n) is 2.10. The van der Waals surface area contributed by atoms with Gasteiger partial charge in [0.15, 0.2) is 0 Å². The first-order chi connectivity index (χ1) is 5.85. The van der Waals surface area contributed by atoms with Crippen LogP contribution in [0.15, 0.2) is 30.3 Å². The van der Waals surface area contributed by atoms with Crippen LogP contribution in [-0.2, 0) is 6.42 Å². The van der Waals surface area contributed by atoms with Gasteiger partial charge in [-0.15, -0.1) is 0 Å². The Morgan fingerprint density at radius 3 is 2.08 bits per heavy atom. The van der Waals surface area contributed by atoms with Crippen molar-refractivity contribution in [2.75, 3.05) is 6.54 Å². The molecule has 12 heavy (non-hydrogen) atoms. The molecule has 0 heterocycles. The third kappa shape index (κ3) is 7.34. The van der Waals surface area contributed by atoms with Crippen LogP contribution in [0.5, 0.6) is 0 Å². The van der Waals surface area contributed by atoms with Crippen LogP contribution in [0.2, 0.25) is 0 Å². The normalized spacial score (nSPS) is 8.58. The molecule has 4 heteroatoms. The average Bonchev–Trinajstić information content (AvgIpc) is 2.08. The molecule has 0 aliphatic carbocycles. The standard InChI is InChI=1S/C8H11N.2ClH.Pb/c9-7-6-8-4-2-1-3-5-8;;;/h1-5H,6-7,9H2;2*1H;/q;;;+2/p-2. The zero-order valence-electron chi connectivity index (χ0n) is 6.63. The molecule has 0 aliphatic heterocycles. The van der Waals surface area contributed by atoms with Gasteiger partial charge in [-0.3, -0.25) is 0 Å². The third-order valence-electron chi connectivity index (χ3n) is 1.28. The van der Waals surface area contributed by atoms with Gasteiger partial charge in [0.05, 0.1) is 0 Å². The van der Waals surface area contributed by atoms with Crippen LogP contribution < -0.4 is 5.73 Å². The van der Waals surface area contributed by atoms with E-state index in [0.29, 0.717) is 0 Å². The molecule has 0 aliphatic rings. The van der Waals surface area contributed by atoms with E-state index in [1.807, 2.05) is 18.2 Å². The SMILES string of the molecule is NCCc1ccccc1.[Cl][Pb][Cl]. The Balaban J connectivity index is 0.000000354. The van der Waals surface area contributed by atoms with Crippen molar-refractivity contribution >= 4 is 38.4 Å². The van der Waals surface area contributed by atoms with Gasteiger partial charge in [0.2, 0.25) is 0 Å². The quantitative estimate of drug-likeness (QED) is 0.759. The van der Waals surface area contributed by atoms with Crippen LogP contribution in [0.25, 0.3) is 0 Å². The fourth-order valence-corrected chi connectivity index (χ4v) is 0.811. The summed E-state index contributed by atoms with van der Waals surface area (Å²) in [6.07, 6.45) is 0.987. The van der Waals surface area contributed by atoms with Crippen molar-refractivity contribution in [3.63, 3.8) is 0 Å². The number of hydrogen-bond donors (Lipinski definition) is 1. The molecule has 0 spiro atoms. The summed E-state index contributed by atoms with van der Waals surface area (Å²) in [4.78, 5) is 0. The average molecular weight is 399 g/mol. The van der Waals surface area contributed by atoms with Gasteiger partial charge in [-0.1, -0.05) is 30.3 Å². The molecule has 1 rings (SSSR count). The summed E-state index contributed by atoms with van der Waals surface area (Å²) < 4.78 is 0. The van der Waals surface area contributed by atoms with Gasteiger partial charge in [0.1, 0.15) is 0 Å². The van der Waals surface area contributed by atoms with Gasteiger partial charge < -0.3 is 5.73 Å². The molecule has 1 nitrogen and oxygen atoms in total. The Morgan fingerprint density at radius 2 is 1.67 bits per heavy atom. The van der Waals surface area contributed by atoms with E-state index in [1.165, 1.54) is 5.56 Å². The second kappa shape index (κ2) is 9.77. The van der Waals surface area contributed by atoms with Crippen molar-refractivity contribution in [2.24, 2.45) is 5.73 Å². The Hall–Kier alpha value is 0.682. The molecular formula is C8H11Cl2NPb. The Kier molecular flexibility index (Phi) is 10.3. The van der Waals surface area contributed by atoms with E-state index in [9.17, 15) is 0 Å². The van der Waals surface area contributed by atoms with Gasteiger partial charge in [-0.2, -0.15) is 0 Å². The monoisotopic (exact) mass is 399 g/mol. The van der Waals surface area contributed by atoms with Crippen molar-refractivity contribution in [3.8, 4) is 0 Å². The van der Waals surface area contributed by atoms with Crippen LogP contribution in [-0.4, -0.2) is 28.3 Å². The van der Waals surface area contributed by atoms with E-state index in [-0.39, 0.29) is 0 Å². The van der Waals surface area contributed by atoms with E-state index in [2.05, 4.69) is 12.1 Å². The molecule has 0 saturated heterocycles. The third-order valence-corrected chi connectivity index (χ3v) is 1.28. The minimum atomic E-state index is -0.972. The van der Waals surface area contributed by atoms with E-state index < -0.39 is 21.8 Å². The maximum absolute atomic E-state index is 5.36. The number of hydrogen-bond acceptors (Lipinski definition) is 1. The van der Waals surface area contributed by atoms with Gasteiger partial charge >= 0.3 is 38.4 Å². The molecule has 0 amide bonds. The number of nitrogens with two attached hydrogens (primary N) is 1. The van der Waals surface area contributed by atoms with Gasteiger partial charge in [0, 0.05) is 0 Å². The van der Waals surface area contributed by atoms with Gasteiger partial charge in [-0.25, -0.2) is 0 Å². The van der Waals surface area contributed by atoms with E-state index in [0.717, 1.165) is 13.0 Å². The predicted octanol–water partition coefficient (Wildman–Crippen LogP) is 2.19. The summed E-state index contributed by atoms with van der Waals surface area (Å²) in [5.41, 5.74) is 6.68. The zero-order chi connectivity index (χ0) is 9.23. The molecule has 0 bridgehead atoms. The summed E-state index contributed by atoms with van der Waals surface area (Å²) in [5.74, 6) is 0. The van der Waals surface area contributed by atoms with E-state index >= 15 is 0 Å². The molecule has 2 radical (unpaired) electrons. The first-order valence-corrected chi connectivity index (χ1v) is 13.1. The molecule has 2 N–H and O–H groups in total. The summed E-state index contributed by atoms with van der Waals surface area (Å²) in [6, 6.07) is 10.3. The maximum atomic E-state index is 5.36. The van der Waals surface area contributed by atoms with Crippen LogP contribution in [0.4, 0.5) is 0 Å². The topological polar surface area (TPSA) is 26.0 Å². The fourth-order valence-electron chi connectivity index (χ4n) is 0.811. The molecule has 0 atom stereocenters. The Morgan fingerprint density at radius 1 is 1.17 bits per heavy atom. The number of benzene rings is 1. The first-order valence-electron chi connectivity index (χ1n) is 3.55. The molecule has 0 unspecified atom stereocenters. The molecular weight excluding hydrogens is 388 g/mol. The summed E-state index contributed by atoms with van der Waals surface area (Å²) >= 11 is -0.972. The molecule has 0 fully saturated rings. The molecule has 0 saturated carbocycles. The molecule has 66 valence electrons. The molecule has 0 aromatic heterocycles. The van der Waals surface area contributed by atoms with Crippen molar-refractivity contribution < 1.29 is 0 Å². The number of halogens is 2.